The summed E-state index contributed by atoms with van der Waals surface area (Å²) in [7, 11) is 0. The summed E-state index contributed by atoms with van der Waals surface area (Å²) in [5.74, 6) is -0.0345. The Morgan fingerprint density at radius 3 is 3.00 bits per heavy atom. The maximum atomic E-state index is 12.1. The molecule has 5 heteroatoms. The van der Waals surface area contributed by atoms with Crippen LogP contribution in [0.5, 0.6) is 5.75 Å². The van der Waals surface area contributed by atoms with Gasteiger partial charge < -0.3 is 9.47 Å². The van der Waals surface area contributed by atoms with Gasteiger partial charge in [-0.15, -0.1) is 0 Å². The highest BCUT2D eigenvalue weighted by molar-refractivity contribution is 5.96. The van der Waals surface area contributed by atoms with Crippen LogP contribution in [0.25, 0.3) is 0 Å². The lowest BCUT2D eigenvalue weighted by molar-refractivity contribution is -0.0498. The van der Waals surface area contributed by atoms with E-state index in [9.17, 15) is 13.6 Å². The number of benzene rings is 1. The second-order valence-electron chi connectivity index (χ2n) is 4.86. The van der Waals surface area contributed by atoms with E-state index in [1.54, 1.807) is 12.1 Å². The fraction of sp³-hybridized carbons (Fsp3) is 0.533. The minimum Gasteiger partial charge on any atom is -0.435 e. The molecule has 0 aromatic heterocycles. The summed E-state index contributed by atoms with van der Waals surface area (Å²) >= 11 is 0. The monoisotopic (exact) mass is 284 g/mol. The Balaban J connectivity index is 1.81. The van der Waals surface area contributed by atoms with Crippen molar-refractivity contribution in [3.05, 3.63) is 29.8 Å². The van der Waals surface area contributed by atoms with E-state index in [1.165, 1.54) is 12.1 Å². The van der Waals surface area contributed by atoms with Gasteiger partial charge in [0.15, 0.2) is 5.78 Å². The van der Waals surface area contributed by atoms with Crippen LogP contribution < -0.4 is 4.74 Å². The van der Waals surface area contributed by atoms with E-state index in [1.807, 2.05) is 0 Å². The van der Waals surface area contributed by atoms with Gasteiger partial charge >= 0.3 is 6.61 Å². The zero-order valence-electron chi connectivity index (χ0n) is 11.2. The molecule has 1 atom stereocenters. The average Bonchev–Trinajstić information content (AvgIpc) is 2.91. The van der Waals surface area contributed by atoms with E-state index >= 15 is 0 Å². The quantitative estimate of drug-likeness (QED) is 0.714. The largest absolute Gasteiger partial charge is 0.435 e. The topological polar surface area (TPSA) is 35.5 Å². The van der Waals surface area contributed by atoms with Crippen LogP contribution >= 0.6 is 0 Å². The zero-order chi connectivity index (χ0) is 14.4. The number of carbonyl (C=O) groups is 1. The maximum Gasteiger partial charge on any atom is 0.387 e. The molecule has 2 rings (SSSR count). The first-order chi connectivity index (χ1) is 9.65. The van der Waals surface area contributed by atoms with Crippen LogP contribution in [0, 0.1) is 0 Å². The van der Waals surface area contributed by atoms with Crippen molar-refractivity contribution >= 4 is 5.78 Å². The molecular formula is C15H18F2O3. The average molecular weight is 284 g/mol. The molecule has 1 aromatic carbocycles. The molecule has 1 aliphatic rings. The highest BCUT2D eigenvalue weighted by atomic mass is 19.3. The van der Waals surface area contributed by atoms with Crippen molar-refractivity contribution in [1.29, 1.82) is 0 Å². The number of hydrogen-bond donors (Lipinski definition) is 0. The summed E-state index contributed by atoms with van der Waals surface area (Å²) in [6.07, 6.45) is 4.45. The van der Waals surface area contributed by atoms with Crippen molar-refractivity contribution in [2.24, 2.45) is 0 Å². The molecule has 1 aromatic rings. The molecule has 0 bridgehead atoms. The van der Waals surface area contributed by atoms with Crippen LogP contribution in [0.2, 0.25) is 0 Å². The smallest absolute Gasteiger partial charge is 0.387 e. The van der Waals surface area contributed by atoms with Crippen LogP contribution in [-0.2, 0) is 4.74 Å². The zero-order valence-corrected chi connectivity index (χ0v) is 11.2. The second kappa shape index (κ2) is 7.33. The van der Waals surface area contributed by atoms with E-state index in [0.29, 0.717) is 12.0 Å². The van der Waals surface area contributed by atoms with Gasteiger partial charge in [-0.3, -0.25) is 4.79 Å². The number of halogens is 2. The van der Waals surface area contributed by atoms with Crippen molar-refractivity contribution in [2.75, 3.05) is 6.61 Å². The van der Waals surface area contributed by atoms with Gasteiger partial charge in [0.2, 0.25) is 0 Å². The molecule has 20 heavy (non-hydrogen) atoms. The molecular weight excluding hydrogens is 266 g/mol. The minimum absolute atomic E-state index is 0.0185. The Morgan fingerprint density at radius 1 is 1.45 bits per heavy atom. The molecule has 1 saturated heterocycles. The Hall–Kier alpha value is -1.49. The fourth-order valence-corrected chi connectivity index (χ4v) is 2.35. The lowest BCUT2D eigenvalue weighted by Gasteiger charge is -2.09. The van der Waals surface area contributed by atoms with Crippen molar-refractivity contribution in [3.8, 4) is 5.75 Å². The van der Waals surface area contributed by atoms with Crippen LogP contribution in [0.4, 0.5) is 8.78 Å². The number of hydrogen-bond acceptors (Lipinski definition) is 3. The third-order valence-electron chi connectivity index (χ3n) is 3.34. The van der Waals surface area contributed by atoms with Crippen molar-refractivity contribution in [1.82, 2.24) is 0 Å². The number of carbonyl (C=O) groups excluding carboxylic acids is 1. The molecule has 0 aliphatic carbocycles. The first kappa shape index (κ1) is 14.9. The van der Waals surface area contributed by atoms with E-state index in [0.717, 1.165) is 32.3 Å². The summed E-state index contributed by atoms with van der Waals surface area (Å²) in [5.41, 5.74) is 0.412. The molecule has 1 heterocycles. The van der Waals surface area contributed by atoms with Gasteiger partial charge in [0, 0.05) is 18.6 Å². The van der Waals surface area contributed by atoms with Gasteiger partial charge in [-0.25, -0.2) is 0 Å². The van der Waals surface area contributed by atoms with Gasteiger partial charge in [-0.2, -0.15) is 8.78 Å². The fourth-order valence-electron chi connectivity index (χ4n) is 2.35. The summed E-state index contributed by atoms with van der Waals surface area (Å²) in [4.78, 5) is 12.0. The molecule has 3 nitrogen and oxygen atoms in total. The third-order valence-corrected chi connectivity index (χ3v) is 3.34. The maximum absolute atomic E-state index is 12.1. The molecule has 1 fully saturated rings. The Morgan fingerprint density at radius 2 is 2.30 bits per heavy atom. The van der Waals surface area contributed by atoms with E-state index in [2.05, 4.69) is 4.74 Å². The summed E-state index contributed by atoms with van der Waals surface area (Å²) < 4.78 is 34.0. The Kier molecular flexibility index (Phi) is 5.47. The third kappa shape index (κ3) is 4.56. The minimum atomic E-state index is -2.88. The lowest BCUT2D eigenvalue weighted by atomic mass is 10.0. The van der Waals surface area contributed by atoms with Gasteiger partial charge in [-0.05, 0) is 37.8 Å². The van der Waals surface area contributed by atoms with Gasteiger partial charge in [-0.1, -0.05) is 12.1 Å². The molecule has 0 N–H and O–H groups in total. The summed E-state index contributed by atoms with van der Waals surface area (Å²) in [6, 6.07) is 5.94. The van der Waals surface area contributed by atoms with E-state index < -0.39 is 6.61 Å². The Labute approximate surface area is 116 Å². The predicted octanol–water partition coefficient (Wildman–Crippen LogP) is 3.82. The lowest BCUT2D eigenvalue weighted by Crippen LogP contribution is -2.07. The molecule has 0 spiro atoms. The number of alkyl halides is 2. The second-order valence-corrected chi connectivity index (χ2v) is 4.86. The number of ether oxygens (including phenoxy) is 2. The van der Waals surface area contributed by atoms with E-state index in [4.69, 9.17) is 4.74 Å². The number of Topliss-reactive ketones (excluding diaryl/α,β-unsaturated/α-hetero) is 1. The predicted molar refractivity (Wildman–Crippen MR) is 70.2 cm³/mol. The van der Waals surface area contributed by atoms with Crippen molar-refractivity contribution in [3.63, 3.8) is 0 Å². The normalized spacial score (nSPS) is 18.4. The molecule has 0 saturated carbocycles. The highest BCUT2D eigenvalue weighted by Crippen LogP contribution is 2.20. The van der Waals surface area contributed by atoms with Crippen molar-refractivity contribution < 1.29 is 23.0 Å². The van der Waals surface area contributed by atoms with Crippen LogP contribution in [0.1, 0.15) is 42.5 Å². The van der Waals surface area contributed by atoms with Gasteiger partial charge in [0.25, 0.3) is 0 Å². The molecule has 110 valence electrons. The SMILES string of the molecule is O=C(CCCC1CCCO1)c1cccc(OC(F)F)c1. The summed E-state index contributed by atoms with van der Waals surface area (Å²) in [6.45, 7) is -2.06. The van der Waals surface area contributed by atoms with Crippen LogP contribution in [0.3, 0.4) is 0 Å². The number of ketones is 1. The number of rotatable bonds is 7. The molecule has 1 unspecified atom stereocenters. The van der Waals surface area contributed by atoms with Gasteiger partial charge in [0.05, 0.1) is 6.10 Å². The first-order valence-electron chi connectivity index (χ1n) is 6.85. The van der Waals surface area contributed by atoms with Crippen molar-refractivity contribution in [2.45, 2.75) is 44.8 Å². The standard InChI is InChI=1S/C15H18F2O3/c16-15(17)20-13-6-1-4-11(10-13)14(18)8-2-5-12-7-3-9-19-12/h1,4,6,10,12,15H,2-3,5,7-9H2. The van der Waals surface area contributed by atoms with Gasteiger partial charge in [0.1, 0.15) is 5.75 Å². The van der Waals surface area contributed by atoms with Crippen LogP contribution in [0.15, 0.2) is 24.3 Å². The summed E-state index contributed by atoms with van der Waals surface area (Å²) in [5, 5.41) is 0. The molecule has 1 aliphatic heterocycles. The first-order valence-corrected chi connectivity index (χ1v) is 6.85. The molecule has 0 radical (unpaired) electrons. The Bertz CT molecular complexity index is 442. The van der Waals surface area contributed by atoms with E-state index in [-0.39, 0.29) is 17.6 Å². The highest BCUT2D eigenvalue weighted by Gasteiger charge is 2.16. The van der Waals surface area contributed by atoms with Crippen LogP contribution in [-0.4, -0.2) is 25.1 Å². The molecule has 0 amide bonds.